The summed E-state index contributed by atoms with van der Waals surface area (Å²) < 4.78 is 45.0. The number of anilines is 1. The molecule has 1 aliphatic carbocycles. The number of carboxylic acid groups (broad SMARTS) is 1. The fraction of sp³-hybridized carbons (Fsp3) is 0.355. The Morgan fingerprint density at radius 1 is 0.925 bits per heavy atom. The molecule has 3 aromatic rings. The van der Waals surface area contributed by atoms with Gasteiger partial charge in [-0.3, -0.25) is 4.79 Å². The van der Waals surface area contributed by atoms with E-state index in [0.717, 1.165) is 60.2 Å². The quantitative estimate of drug-likeness (QED) is 0.400. The third-order valence-electron chi connectivity index (χ3n) is 8.55. The highest BCUT2D eigenvalue weighted by Crippen LogP contribution is 2.50. The van der Waals surface area contributed by atoms with Crippen LogP contribution in [0, 0.1) is 0 Å². The first-order valence-corrected chi connectivity index (χ1v) is 13.4. The maximum atomic E-state index is 13.9. The lowest BCUT2D eigenvalue weighted by Crippen LogP contribution is -2.38. The molecule has 3 aromatic carbocycles. The number of benzene rings is 3. The number of amides is 1. The van der Waals surface area contributed by atoms with Gasteiger partial charge in [-0.2, -0.15) is 13.2 Å². The van der Waals surface area contributed by atoms with Crippen LogP contribution in [0.5, 0.6) is 0 Å². The summed E-state index contributed by atoms with van der Waals surface area (Å²) in [6.07, 6.45) is -1.31. The van der Waals surface area contributed by atoms with E-state index in [1.165, 1.54) is 12.1 Å². The molecule has 2 heterocycles. The van der Waals surface area contributed by atoms with Crippen molar-refractivity contribution in [3.05, 3.63) is 100 Å². The lowest BCUT2D eigenvalue weighted by molar-refractivity contribution is -0.137. The minimum absolute atomic E-state index is 0.187. The van der Waals surface area contributed by atoms with Crippen molar-refractivity contribution in [3.63, 3.8) is 0 Å². The molecule has 1 amide bonds. The van der Waals surface area contributed by atoms with E-state index in [9.17, 15) is 27.9 Å². The molecule has 1 saturated heterocycles. The van der Waals surface area contributed by atoms with Crippen LogP contribution in [0.25, 0.3) is 0 Å². The molecule has 0 bridgehead atoms. The van der Waals surface area contributed by atoms with Gasteiger partial charge in [0.15, 0.2) is 0 Å². The first-order chi connectivity index (χ1) is 19.1. The molecule has 0 radical (unpaired) electrons. The predicted molar refractivity (Wildman–Crippen MR) is 142 cm³/mol. The second kappa shape index (κ2) is 9.66. The Morgan fingerprint density at radius 2 is 1.60 bits per heavy atom. The van der Waals surface area contributed by atoms with Gasteiger partial charge in [-0.1, -0.05) is 36.4 Å². The number of hydrogen-bond acceptors (Lipinski definition) is 4. The summed E-state index contributed by atoms with van der Waals surface area (Å²) >= 11 is 0. The van der Waals surface area contributed by atoms with Gasteiger partial charge >= 0.3 is 12.1 Å². The van der Waals surface area contributed by atoms with E-state index in [4.69, 9.17) is 4.74 Å². The third kappa shape index (κ3) is 4.72. The van der Waals surface area contributed by atoms with Gasteiger partial charge < -0.3 is 20.1 Å². The lowest BCUT2D eigenvalue weighted by Gasteiger charge is -2.34. The molecular weight excluding hydrogens is 521 g/mol. The molecule has 2 fully saturated rings. The van der Waals surface area contributed by atoms with E-state index < -0.39 is 23.2 Å². The number of fused-ring (bicyclic) bond motifs is 2. The lowest BCUT2D eigenvalue weighted by atomic mass is 9.75. The molecule has 6 rings (SSSR count). The third-order valence-corrected chi connectivity index (χ3v) is 8.55. The van der Waals surface area contributed by atoms with Crippen molar-refractivity contribution < 1.29 is 32.6 Å². The Hall–Kier alpha value is -3.85. The molecule has 0 aromatic heterocycles. The number of halogens is 3. The van der Waals surface area contributed by atoms with Crippen LogP contribution in [0.4, 0.5) is 18.9 Å². The number of alkyl halides is 3. The predicted octanol–water partition coefficient (Wildman–Crippen LogP) is 5.89. The Labute approximate surface area is 229 Å². The topological polar surface area (TPSA) is 78.9 Å². The number of nitrogens with zero attached hydrogens (tertiary/aromatic N) is 1. The van der Waals surface area contributed by atoms with E-state index in [-0.39, 0.29) is 16.9 Å². The summed E-state index contributed by atoms with van der Waals surface area (Å²) in [6.45, 7) is 2.25. The highest BCUT2D eigenvalue weighted by atomic mass is 19.4. The number of para-hydroxylation sites is 1. The first kappa shape index (κ1) is 26.4. The maximum absolute atomic E-state index is 13.9. The summed E-state index contributed by atoms with van der Waals surface area (Å²) in [5.74, 6) is -1.23. The molecule has 1 spiro atoms. The van der Waals surface area contributed by atoms with Crippen LogP contribution in [-0.4, -0.2) is 36.7 Å². The monoisotopic (exact) mass is 550 g/mol. The summed E-state index contributed by atoms with van der Waals surface area (Å²) in [6, 6.07) is 17.5. The van der Waals surface area contributed by atoms with Crippen molar-refractivity contribution in [2.24, 2.45) is 0 Å². The molecule has 6 nitrogen and oxygen atoms in total. The summed E-state index contributed by atoms with van der Waals surface area (Å²) in [5, 5.41) is 12.4. The number of aromatic carboxylic acids is 1. The Bertz CT molecular complexity index is 1440. The van der Waals surface area contributed by atoms with Gasteiger partial charge in [-0.15, -0.1) is 0 Å². The van der Waals surface area contributed by atoms with E-state index in [2.05, 4.69) is 16.3 Å². The SMILES string of the molecule is O=C(O)c1ccc(C2(NC(=O)c3cccc4c3N(Cc3ccc(C(F)(F)F)cc3)CC43CCOCC3)CC2)cc1. The van der Waals surface area contributed by atoms with Crippen molar-refractivity contribution in [1.29, 1.82) is 0 Å². The van der Waals surface area contributed by atoms with Gasteiger partial charge in [0.2, 0.25) is 0 Å². The zero-order valence-corrected chi connectivity index (χ0v) is 21.8. The van der Waals surface area contributed by atoms with Crippen LogP contribution in [0.2, 0.25) is 0 Å². The van der Waals surface area contributed by atoms with Crippen molar-refractivity contribution in [1.82, 2.24) is 5.32 Å². The fourth-order valence-electron chi connectivity index (χ4n) is 6.20. The highest BCUT2D eigenvalue weighted by Gasteiger charge is 2.48. The van der Waals surface area contributed by atoms with Crippen LogP contribution < -0.4 is 10.2 Å². The maximum Gasteiger partial charge on any atom is 0.416 e. The van der Waals surface area contributed by atoms with Crippen LogP contribution >= 0.6 is 0 Å². The number of ether oxygens (including phenoxy) is 1. The number of carbonyl (C=O) groups is 2. The zero-order chi connectivity index (χ0) is 28.1. The highest BCUT2D eigenvalue weighted by molar-refractivity contribution is 6.02. The van der Waals surface area contributed by atoms with Crippen LogP contribution in [-0.2, 0) is 28.4 Å². The van der Waals surface area contributed by atoms with Crippen LogP contribution in [0.15, 0.2) is 66.7 Å². The zero-order valence-electron chi connectivity index (χ0n) is 21.8. The van der Waals surface area contributed by atoms with Gasteiger partial charge in [0.05, 0.1) is 27.9 Å². The standard InChI is InChI=1S/C31H29F3N2O4/c32-31(33,34)23-8-4-20(5-9-23)18-36-19-29(14-16-40-17-15-29)25-3-1-2-24(26(25)36)27(37)35-30(12-13-30)22-10-6-21(7-11-22)28(38)39/h1-11H,12-19H2,(H,35,37)(H,38,39). The van der Waals surface area contributed by atoms with Gasteiger partial charge in [0.1, 0.15) is 0 Å². The molecule has 3 aliphatic rings. The smallest absolute Gasteiger partial charge is 0.416 e. The molecule has 208 valence electrons. The number of carbonyl (C=O) groups excluding carboxylic acids is 1. The van der Waals surface area contributed by atoms with Gasteiger partial charge in [-0.25, -0.2) is 4.79 Å². The van der Waals surface area contributed by atoms with Crippen molar-refractivity contribution >= 4 is 17.6 Å². The minimum Gasteiger partial charge on any atom is -0.478 e. The van der Waals surface area contributed by atoms with Crippen LogP contribution in [0.1, 0.15) is 68.7 Å². The van der Waals surface area contributed by atoms with Crippen molar-refractivity contribution in [3.8, 4) is 0 Å². The second-order valence-corrected chi connectivity index (χ2v) is 11.1. The minimum atomic E-state index is -4.40. The van der Waals surface area contributed by atoms with Crippen molar-refractivity contribution in [2.75, 3.05) is 24.7 Å². The van der Waals surface area contributed by atoms with Crippen molar-refractivity contribution in [2.45, 2.75) is 49.4 Å². The Kier molecular flexibility index (Phi) is 6.37. The molecule has 1 saturated carbocycles. The number of carboxylic acids is 1. The summed E-state index contributed by atoms with van der Waals surface area (Å²) in [7, 11) is 0. The molecule has 0 atom stereocenters. The van der Waals surface area contributed by atoms with Gasteiger partial charge in [0, 0.05) is 31.7 Å². The Balaban J connectivity index is 1.32. The normalized spacial score (nSPS) is 18.8. The van der Waals surface area contributed by atoms with E-state index in [1.807, 2.05) is 6.07 Å². The largest absolute Gasteiger partial charge is 0.478 e. The Morgan fingerprint density at radius 3 is 2.20 bits per heavy atom. The van der Waals surface area contributed by atoms with E-state index >= 15 is 0 Å². The fourth-order valence-corrected chi connectivity index (χ4v) is 6.20. The molecular formula is C31H29F3N2O4. The molecule has 9 heteroatoms. The van der Waals surface area contributed by atoms with Gasteiger partial charge in [-0.05, 0) is 72.7 Å². The number of rotatable bonds is 6. The molecule has 40 heavy (non-hydrogen) atoms. The first-order valence-electron chi connectivity index (χ1n) is 13.4. The average Bonchev–Trinajstić information content (AvgIpc) is 3.67. The van der Waals surface area contributed by atoms with Gasteiger partial charge in [0.25, 0.3) is 5.91 Å². The molecule has 2 N–H and O–H groups in total. The van der Waals surface area contributed by atoms with E-state index in [0.29, 0.717) is 31.9 Å². The number of hydrogen-bond donors (Lipinski definition) is 2. The summed E-state index contributed by atoms with van der Waals surface area (Å²) in [5.41, 5.74) is 2.77. The summed E-state index contributed by atoms with van der Waals surface area (Å²) in [4.78, 5) is 27.2. The van der Waals surface area contributed by atoms with Crippen LogP contribution in [0.3, 0.4) is 0 Å². The molecule has 0 unspecified atom stereocenters. The number of nitrogens with one attached hydrogen (secondary N) is 1. The van der Waals surface area contributed by atoms with E-state index in [1.54, 1.807) is 30.3 Å². The molecule has 2 aliphatic heterocycles. The second-order valence-electron chi connectivity index (χ2n) is 11.1. The average molecular weight is 551 g/mol.